The lowest BCUT2D eigenvalue weighted by Crippen LogP contribution is -2.41. The van der Waals surface area contributed by atoms with Crippen LogP contribution in [0.4, 0.5) is 5.69 Å². The second-order valence-electron chi connectivity index (χ2n) is 5.95. The number of hydrogen-bond donors (Lipinski definition) is 0. The molecule has 0 aromatic carbocycles. The zero-order valence-electron chi connectivity index (χ0n) is 12.0. The molecule has 0 saturated carbocycles. The van der Waals surface area contributed by atoms with E-state index in [0.29, 0.717) is 0 Å². The summed E-state index contributed by atoms with van der Waals surface area (Å²) < 4.78 is 1.98. The second kappa shape index (κ2) is 3.71. The highest BCUT2D eigenvalue weighted by Crippen LogP contribution is 2.41. The highest BCUT2D eigenvalue weighted by molar-refractivity contribution is 5.89. The second-order valence-corrected chi connectivity index (χ2v) is 5.95. The first-order valence-corrected chi connectivity index (χ1v) is 6.40. The molecule has 0 bridgehead atoms. The molecule has 3 rings (SSSR count). The van der Waals surface area contributed by atoms with E-state index in [9.17, 15) is 0 Å². The third-order valence-corrected chi connectivity index (χ3v) is 4.01. The summed E-state index contributed by atoms with van der Waals surface area (Å²) >= 11 is 0. The smallest absolute Gasteiger partial charge is 0.141 e. The van der Waals surface area contributed by atoms with E-state index >= 15 is 0 Å². The largest absolute Gasteiger partial charge is 0.336 e. The summed E-state index contributed by atoms with van der Waals surface area (Å²) in [5.74, 6) is 0. The SMILES string of the molecule is Cn1ccc2c(N3OC(C)(C)C(C)(C)O3)ccnc21. The van der Waals surface area contributed by atoms with Gasteiger partial charge in [0.15, 0.2) is 0 Å². The Morgan fingerprint density at radius 3 is 2.32 bits per heavy atom. The predicted molar refractivity (Wildman–Crippen MR) is 73.5 cm³/mol. The van der Waals surface area contributed by atoms with Gasteiger partial charge in [-0.25, -0.2) is 14.7 Å². The van der Waals surface area contributed by atoms with Gasteiger partial charge in [-0.3, -0.25) is 0 Å². The first-order chi connectivity index (χ1) is 8.82. The van der Waals surface area contributed by atoms with Crippen molar-refractivity contribution in [3.8, 4) is 0 Å². The zero-order valence-corrected chi connectivity index (χ0v) is 12.0. The molecule has 2 aromatic rings. The minimum Gasteiger partial charge on any atom is -0.336 e. The molecule has 0 amide bonds. The molecule has 1 aliphatic heterocycles. The van der Waals surface area contributed by atoms with Crippen LogP contribution in [0.15, 0.2) is 24.5 Å². The summed E-state index contributed by atoms with van der Waals surface area (Å²) in [7, 11) is 1.97. The van der Waals surface area contributed by atoms with Gasteiger partial charge in [-0.2, -0.15) is 0 Å². The van der Waals surface area contributed by atoms with Crippen LogP contribution in [0.3, 0.4) is 0 Å². The normalized spacial score (nSPS) is 21.2. The maximum atomic E-state index is 5.94. The van der Waals surface area contributed by atoms with Crippen LogP contribution in [0.5, 0.6) is 0 Å². The van der Waals surface area contributed by atoms with Crippen LogP contribution < -0.4 is 5.23 Å². The quantitative estimate of drug-likeness (QED) is 0.791. The molecule has 0 spiro atoms. The summed E-state index contributed by atoms with van der Waals surface area (Å²) in [5, 5.41) is 2.53. The first kappa shape index (κ1) is 12.4. The van der Waals surface area contributed by atoms with Crippen LogP contribution in [-0.2, 0) is 16.7 Å². The molecule has 0 aliphatic carbocycles. The maximum absolute atomic E-state index is 5.94. The lowest BCUT2D eigenvalue weighted by atomic mass is 9.90. The third-order valence-electron chi connectivity index (χ3n) is 4.01. The summed E-state index contributed by atoms with van der Waals surface area (Å²) in [6.45, 7) is 8.10. The van der Waals surface area contributed by atoms with Crippen LogP contribution in [0, 0.1) is 0 Å². The minimum absolute atomic E-state index is 0.391. The lowest BCUT2D eigenvalue weighted by Gasteiger charge is -2.26. The van der Waals surface area contributed by atoms with Gasteiger partial charge in [0.05, 0.1) is 0 Å². The van der Waals surface area contributed by atoms with Crippen LogP contribution in [-0.4, -0.2) is 20.8 Å². The standard InChI is InChI=1S/C14H19N3O2/c1-13(2)14(3,4)19-17(18-13)11-6-8-15-12-10(11)7-9-16(12)5/h6-9H,1-5H3. The number of pyridine rings is 1. The van der Waals surface area contributed by atoms with Crippen LogP contribution in [0.25, 0.3) is 11.0 Å². The molecule has 0 radical (unpaired) electrons. The number of rotatable bonds is 1. The van der Waals surface area contributed by atoms with Crippen molar-refractivity contribution < 1.29 is 9.68 Å². The number of hydrogen-bond acceptors (Lipinski definition) is 4. The van der Waals surface area contributed by atoms with Gasteiger partial charge in [-0.05, 0) is 39.8 Å². The molecule has 1 fully saturated rings. The van der Waals surface area contributed by atoms with E-state index in [0.717, 1.165) is 16.7 Å². The van der Waals surface area contributed by atoms with E-state index < -0.39 is 11.2 Å². The molecule has 3 heterocycles. The fourth-order valence-corrected chi connectivity index (χ4v) is 2.06. The molecule has 1 aliphatic rings. The topological polar surface area (TPSA) is 39.5 Å². The fraction of sp³-hybridized carbons (Fsp3) is 0.500. The molecule has 0 atom stereocenters. The van der Waals surface area contributed by atoms with E-state index in [1.807, 2.05) is 57.6 Å². The molecule has 5 nitrogen and oxygen atoms in total. The Morgan fingerprint density at radius 2 is 1.68 bits per heavy atom. The minimum atomic E-state index is -0.391. The van der Waals surface area contributed by atoms with E-state index in [1.165, 1.54) is 5.23 Å². The van der Waals surface area contributed by atoms with Crippen molar-refractivity contribution in [3.05, 3.63) is 24.5 Å². The van der Waals surface area contributed by atoms with Gasteiger partial charge < -0.3 is 4.57 Å². The van der Waals surface area contributed by atoms with Crippen molar-refractivity contribution in [1.82, 2.24) is 9.55 Å². The molecule has 0 N–H and O–H groups in total. The van der Waals surface area contributed by atoms with Crippen molar-refractivity contribution in [2.75, 3.05) is 5.23 Å². The Labute approximate surface area is 112 Å². The molecular weight excluding hydrogens is 242 g/mol. The molecule has 19 heavy (non-hydrogen) atoms. The van der Waals surface area contributed by atoms with Crippen LogP contribution in [0.2, 0.25) is 0 Å². The summed E-state index contributed by atoms with van der Waals surface area (Å²) in [4.78, 5) is 16.3. The third kappa shape index (κ3) is 1.73. The Morgan fingerprint density at radius 1 is 1.05 bits per heavy atom. The summed E-state index contributed by atoms with van der Waals surface area (Å²) in [5.41, 5.74) is 1.01. The number of nitrogens with zero attached hydrogens (tertiary/aromatic N) is 3. The van der Waals surface area contributed by atoms with Gasteiger partial charge in [0.1, 0.15) is 22.5 Å². The lowest BCUT2D eigenvalue weighted by molar-refractivity contribution is -0.0266. The monoisotopic (exact) mass is 261 g/mol. The van der Waals surface area contributed by atoms with E-state index in [-0.39, 0.29) is 0 Å². The molecule has 1 saturated heterocycles. The maximum Gasteiger partial charge on any atom is 0.141 e. The van der Waals surface area contributed by atoms with E-state index in [4.69, 9.17) is 9.68 Å². The van der Waals surface area contributed by atoms with Gasteiger partial charge in [-0.1, -0.05) is 0 Å². The molecule has 5 heteroatoms. The predicted octanol–water partition coefficient (Wildman–Crippen LogP) is 2.81. The van der Waals surface area contributed by atoms with Crippen molar-refractivity contribution in [1.29, 1.82) is 0 Å². The van der Waals surface area contributed by atoms with Gasteiger partial charge in [0.2, 0.25) is 0 Å². The van der Waals surface area contributed by atoms with Gasteiger partial charge in [0.25, 0.3) is 0 Å². The fourth-order valence-electron chi connectivity index (χ4n) is 2.06. The molecular formula is C14H19N3O2. The number of anilines is 1. The number of aromatic nitrogens is 2. The summed E-state index contributed by atoms with van der Waals surface area (Å²) in [6.07, 6.45) is 3.75. The van der Waals surface area contributed by atoms with Gasteiger partial charge in [-0.15, -0.1) is 5.23 Å². The average molecular weight is 261 g/mol. The van der Waals surface area contributed by atoms with Crippen LogP contribution in [0.1, 0.15) is 27.7 Å². The van der Waals surface area contributed by atoms with Crippen molar-refractivity contribution in [2.45, 2.75) is 38.9 Å². The van der Waals surface area contributed by atoms with E-state index in [1.54, 1.807) is 6.20 Å². The average Bonchev–Trinajstić information content (AvgIpc) is 2.78. The Hall–Kier alpha value is -1.59. The Kier molecular flexibility index (Phi) is 2.43. The summed E-state index contributed by atoms with van der Waals surface area (Å²) in [6, 6.07) is 3.92. The molecule has 102 valence electrons. The molecule has 0 unspecified atom stereocenters. The zero-order chi connectivity index (χ0) is 13.8. The Balaban J connectivity index is 2.07. The number of fused-ring (bicyclic) bond motifs is 1. The highest BCUT2D eigenvalue weighted by atomic mass is 17.0. The van der Waals surface area contributed by atoms with E-state index in [2.05, 4.69) is 4.98 Å². The van der Waals surface area contributed by atoms with Crippen molar-refractivity contribution in [3.63, 3.8) is 0 Å². The first-order valence-electron chi connectivity index (χ1n) is 6.40. The number of aryl methyl sites for hydroxylation is 1. The van der Waals surface area contributed by atoms with Gasteiger partial charge >= 0.3 is 0 Å². The van der Waals surface area contributed by atoms with Crippen molar-refractivity contribution >= 4 is 16.7 Å². The Bertz CT molecular complexity index is 615. The van der Waals surface area contributed by atoms with Crippen LogP contribution >= 0.6 is 0 Å². The van der Waals surface area contributed by atoms with Gasteiger partial charge in [0, 0.05) is 24.8 Å². The van der Waals surface area contributed by atoms with Crippen molar-refractivity contribution in [2.24, 2.45) is 7.05 Å². The molecule has 2 aromatic heterocycles. The highest BCUT2D eigenvalue weighted by Gasteiger charge is 2.50.